The van der Waals surface area contributed by atoms with Crippen LogP contribution in [-0.4, -0.2) is 41.0 Å². The molecule has 1 saturated heterocycles. The van der Waals surface area contributed by atoms with E-state index in [1.807, 2.05) is 0 Å². The van der Waals surface area contributed by atoms with Crippen LogP contribution in [0.15, 0.2) is 36.4 Å². The van der Waals surface area contributed by atoms with Crippen LogP contribution in [0.25, 0.3) is 0 Å². The molecule has 7 nitrogen and oxygen atoms in total. The molecule has 1 N–H and O–H groups in total. The summed E-state index contributed by atoms with van der Waals surface area (Å²) >= 11 is 5.55. The van der Waals surface area contributed by atoms with Crippen molar-refractivity contribution in [3.63, 3.8) is 0 Å². The van der Waals surface area contributed by atoms with E-state index in [1.54, 1.807) is 32.0 Å². The van der Waals surface area contributed by atoms with E-state index in [4.69, 9.17) is 27.0 Å². The summed E-state index contributed by atoms with van der Waals surface area (Å²) in [5.74, 6) is 0.298. The Hall–Kier alpha value is -3.36. The molecule has 0 saturated carbocycles. The summed E-state index contributed by atoms with van der Waals surface area (Å²) in [6, 6.07) is 9.50. The predicted molar refractivity (Wildman–Crippen MR) is 121 cm³/mol. The number of halogens is 3. The zero-order chi connectivity index (χ0) is 24.8. The molecular weight excluding hydrogens is 471 g/mol. The normalized spacial score (nSPS) is 19.7. The number of aliphatic hydroxyl groups excluding tert-OH is 1. The average Bonchev–Trinajstić information content (AvgIpc) is 2.92. The Morgan fingerprint density at radius 2 is 1.91 bits per heavy atom. The second kappa shape index (κ2) is 8.45. The monoisotopic (exact) mass is 491 g/mol. The molecule has 34 heavy (non-hydrogen) atoms. The minimum atomic E-state index is -4.78. The fraction of sp³-hybridized carbons (Fsp3) is 0.348. The van der Waals surface area contributed by atoms with E-state index in [0.717, 1.165) is 17.0 Å². The number of nitrogens with zero attached hydrogens (tertiary/aromatic N) is 3. The number of hydrogen-bond donors (Lipinski definition) is 1. The number of alkyl halides is 3. The molecule has 0 aromatic heterocycles. The van der Waals surface area contributed by atoms with Crippen LogP contribution in [-0.2, 0) is 11.0 Å². The van der Waals surface area contributed by atoms with Crippen LogP contribution < -0.4 is 19.3 Å². The number of carbonyl (C=O) groups excluding carboxylic acids is 1. The Kier molecular flexibility index (Phi) is 5.91. The van der Waals surface area contributed by atoms with Crippen LogP contribution in [0.1, 0.15) is 31.4 Å². The van der Waals surface area contributed by atoms with Gasteiger partial charge < -0.3 is 19.5 Å². The topological polar surface area (TPSA) is 86.0 Å². The maximum atomic E-state index is 13.5. The minimum absolute atomic E-state index is 0.0180. The number of ether oxygens (including phenoxy) is 2. The molecule has 0 bridgehead atoms. The van der Waals surface area contributed by atoms with Gasteiger partial charge in [0, 0.05) is 18.2 Å². The fourth-order valence-electron chi connectivity index (χ4n) is 3.97. The van der Waals surface area contributed by atoms with E-state index in [1.165, 1.54) is 17.0 Å². The fourth-order valence-corrected chi connectivity index (χ4v) is 4.49. The van der Waals surface area contributed by atoms with Gasteiger partial charge in [-0.25, -0.2) is 0 Å². The maximum absolute atomic E-state index is 13.5. The van der Waals surface area contributed by atoms with E-state index in [0.29, 0.717) is 30.2 Å². The summed E-state index contributed by atoms with van der Waals surface area (Å²) in [4.78, 5) is 15.9. The van der Waals surface area contributed by atoms with Crippen molar-refractivity contribution >= 4 is 34.6 Å². The van der Waals surface area contributed by atoms with Crippen molar-refractivity contribution in [1.82, 2.24) is 0 Å². The number of aliphatic hydroxyl groups is 1. The number of amides is 1. The van der Waals surface area contributed by atoms with Gasteiger partial charge >= 0.3 is 6.18 Å². The van der Waals surface area contributed by atoms with Gasteiger partial charge in [-0.2, -0.15) is 18.4 Å². The predicted octanol–water partition coefficient (Wildman–Crippen LogP) is 4.02. The molecule has 2 aromatic rings. The van der Waals surface area contributed by atoms with Gasteiger partial charge in [-0.05, 0) is 56.4 Å². The molecule has 2 aromatic carbocycles. The number of hydrogen-bond acceptors (Lipinski definition) is 6. The first-order valence-corrected chi connectivity index (χ1v) is 10.7. The van der Waals surface area contributed by atoms with E-state index in [9.17, 15) is 23.1 Å². The number of anilines is 2. The smallest absolute Gasteiger partial charge is 0.417 e. The average molecular weight is 491 g/mol. The quantitative estimate of drug-likeness (QED) is 0.650. The van der Waals surface area contributed by atoms with Crippen molar-refractivity contribution in [2.24, 2.45) is 0 Å². The molecule has 2 aliphatic rings. The van der Waals surface area contributed by atoms with Crippen molar-refractivity contribution in [3.05, 3.63) is 47.5 Å². The summed E-state index contributed by atoms with van der Waals surface area (Å²) in [6.45, 7) is 3.37. The molecule has 1 fully saturated rings. The van der Waals surface area contributed by atoms with E-state index >= 15 is 0 Å². The number of fused-ring (bicyclic) bond motifs is 1. The highest BCUT2D eigenvalue weighted by Crippen LogP contribution is 2.42. The molecule has 2 aliphatic heterocycles. The first-order chi connectivity index (χ1) is 16.0. The lowest BCUT2D eigenvalue weighted by molar-refractivity contribution is -0.137. The molecule has 4 rings (SSSR count). The third kappa shape index (κ3) is 3.93. The van der Waals surface area contributed by atoms with Crippen molar-refractivity contribution < 1.29 is 32.5 Å². The van der Waals surface area contributed by atoms with Crippen molar-refractivity contribution in [1.29, 1.82) is 5.26 Å². The summed E-state index contributed by atoms with van der Waals surface area (Å²) in [6.07, 6.45) is -4.70. The first-order valence-electron chi connectivity index (χ1n) is 10.3. The maximum Gasteiger partial charge on any atom is 0.417 e. The lowest BCUT2D eigenvalue weighted by atomic mass is 10.0. The Morgan fingerprint density at radius 1 is 1.21 bits per heavy atom. The van der Waals surface area contributed by atoms with Crippen LogP contribution in [0.5, 0.6) is 11.5 Å². The highest BCUT2D eigenvalue weighted by molar-refractivity contribution is 7.81. The highest BCUT2D eigenvalue weighted by atomic mass is 32.1. The van der Waals surface area contributed by atoms with Crippen LogP contribution in [0.3, 0.4) is 0 Å². The van der Waals surface area contributed by atoms with Gasteiger partial charge in [-0.15, -0.1) is 0 Å². The van der Waals surface area contributed by atoms with Gasteiger partial charge in [0.05, 0.1) is 36.1 Å². The van der Waals surface area contributed by atoms with E-state index in [-0.39, 0.29) is 17.4 Å². The Bertz CT molecular complexity index is 1210. The second-order valence-corrected chi connectivity index (χ2v) is 8.71. The van der Waals surface area contributed by atoms with Crippen LogP contribution in [0.2, 0.25) is 0 Å². The molecule has 11 heteroatoms. The largest absolute Gasteiger partial charge is 0.489 e. The summed E-state index contributed by atoms with van der Waals surface area (Å²) in [5, 5.41) is 18.5. The lowest BCUT2D eigenvalue weighted by Crippen LogP contribution is -2.44. The molecule has 178 valence electrons. The molecule has 0 radical (unpaired) electrons. The summed E-state index contributed by atoms with van der Waals surface area (Å²) in [5.41, 5.74) is -2.52. The molecule has 0 unspecified atom stereocenters. The van der Waals surface area contributed by atoms with Crippen LogP contribution in [0.4, 0.5) is 24.5 Å². The zero-order valence-electron chi connectivity index (χ0n) is 18.2. The van der Waals surface area contributed by atoms with Crippen molar-refractivity contribution in [2.45, 2.75) is 38.1 Å². The van der Waals surface area contributed by atoms with Crippen LogP contribution in [0, 0.1) is 11.3 Å². The zero-order valence-corrected chi connectivity index (χ0v) is 19.0. The summed E-state index contributed by atoms with van der Waals surface area (Å²) < 4.78 is 52.0. The minimum Gasteiger partial charge on any atom is -0.489 e. The van der Waals surface area contributed by atoms with Gasteiger partial charge in [0.15, 0.2) is 16.6 Å². The number of rotatable bonds is 3. The van der Waals surface area contributed by atoms with E-state index < -0.39 is 34.9 Å². The SMILES string of the molecule is CC1(C)C(=O)N(c2ccc(C#N)c(C(F)(F)F)c2)C(=S)N1c1ccc2c(c1)OCC[C@H](CO)O2. The molecular formula is C23H20F3N3O4S. The second-order valence-electron chi connectivity index (χ2n) is 8.35. The number of benzene rings is 2. The third-order valence-electron chi connectivity index (χ3n) is 5.74. The standard InChI is InChI=1S/C23H20F3N3O4S/c1-22(2)20(31)28(14-4-3-13(11-27)17(9-14)23(24,25)26)21(34)29(22)15-5-6-18-19(10-15)32-8-7-16(12-30)33-18/h3-6,9-10,16,30H,7-8,12H2,1-2H3/t16-/m1/s1. The molecule has 2 heterocycles. The van der Waals surface area contributed by atoms with Crippen molar-refractivity contribution in [3.8, 4) is 17.6 Å². The molecule has 1 atom stereocenters. The van der Waals surface area contributed by atoms with Crippen LogP contribution >= 0.6 is 12.2 Å². The lowest BCUT2D eigenvalue weighted by Gasteiger charge is -2.30. The van der Waals surface area contributed by atoms with Gasteiger partial charge in [-0.1, -0.05) is 0 Å². The van der Waals surface area contributed by atoms with E-state index in [2.05, 4.69) is 0 Å². The van der Waals surface area contributed by atoms with Gasteiger partial charge in [0.1, 0.15) is 11.6 Å². The van der Waals surface area contributed by atoms with Gasteiger partial charge in [-0.3, -0.25) is 9.69 Å². The van der Waals surface area contributed by atoms with Crippen molar-refractivity contribution in [2.75, 3.05) is 23.0 Å². The van der Waals surface area contributed by atoms with Gasteiger partial charge in [0.2, 0.25) is 0 Å². The number of thiocarbonyl (C=S) groups is 1. The Balaban J connectivity index is 1.74. The number of nitriles is 1. The number of carbonyl (C=O) groups is 1. The van der Waals surface area contributed by atoms with Gasteiger partial charge in [0.25, 0.3) is 5.91 Å². The molecule has 1 amide bonds. The third-order valence-corrected chi connectivity index (χ3v) is 6.10. The molecule has 0 aliphatic carbocycles. The Morgan fingerprint density at radius 3 is 2.56 bits per heavy atom. The summed E-state index contributed by atoms with van der Waals surface area (Å²) in [7, 11) is 0. The first kappa shape index (κ1) is 23.8. The highest BCUT2D eigenvalue weighted by Gasteiger charge is 2.51. The Labute approximate surface area is 198 Å². The molecule has 0 spiro atoms.